The Bertz CT molecular complexity index is 791. The van der Waals surface area contributed by atoms with Crippen molar-refractivity contribution in [3.05, 3.63) is 60.2 Å². The first kappa shape index (κ1) is 23.5. The summed E-state index contributed by atoms with van der Waals surface area (Å²) in [5.41, 5.74) is 7.57. The number of ether oxygens (including phenoxy) is 1. The van der Waals surface area contributed by atoms with Gasteiger partial charge in [0.25, 0.3) is 0 Å². The van der Waals surface area contributed by atoms with Gasteiger partial charge in [0.05, 0.1) is 13.0 Å². The van der Waals surface area contributed by atoms with Crippen molar-refractivity contribution in [3.8, 4) is 5.75 Å². The third-order valence-electron chi connectivity index (χ3n) is 5.24. The van der Waals surface area contributed by atoms with Crippen molar-refractivity contribution in [1.29, 1.82) is 0 Å². The summed E-state index contributed by atoms with van der Waals surface area (Å²) in [4.78, 5) is 26.6. The Balaban J connectivity index is 0.00000320. The lowest BCUT2D eigenvalue weighted by Crippen LogP contribution is -2.43. The molecule has 2 aromatic carbocycles. The number of piperidine rings is 1. The zero-order valence-corrected chi connectivity index (χ0v) is 17.9. The smallest absolute Gasteiger partial charge is 0.225 e. The van der Waals surface area contributed by atoms with Crippen LogP contribution in [0.1, 0.15) is 24.8 Å². The van der Waals surface area contributed by atoms with Crippen LogP contribution >= 0.6 is 12.4 Å². The molecule has 2 amide bonds. The van der Waals surface area contributed by atoms with Crippen molar-refractivity contribution in [2.24, 2.45) is 5.92 Å². The number of nitrogens with zero attached hydrogens (tertiary/aromatic N) is 1. The van der Waals surface area contributed by atoms with Gasteiger partial charge in [-0.05, 0) is 49.1 Å². The minimum absolute atomic E-state index is 0. The number of carbonyl (C=O) groups excluding carboxylic acids is 2. The van der Waals surface area contributed by atoms with Crippen molar-refractivity contribution in [3.63, 3.8) is 0 Å². The minimum Gasteiger partial charge on any atom is -0.493 e. The molecular weight excluding hydrogens is 402 g/mol. The second-order valence-corrected chi connectivity index (χ2v) is 7.35. The zero-order valence-electron chi connectivity index (χ0n) is 17.1. The standard InChI is InChI=1S/C23H29N3O3.ClH/c24-20-8-6-18(7-9-20)10-14-25-23(28)19-11-15-26(16-12-19)22(27)13-17-29-21-4-2-1-3-5-21;/h1-9,19H,10-17,24H2,(H,25,28);1H. The Kier molecular flexibility index (Phi) is 9.48. The first-order chi connectivity index (χ1) is 14.1. The lowest BCUT2D eigenvalue weighted by Gasteiger charge is -2.31. The van der Waals surface area contributed by atoms with Gasteiger partial charge in [0.2, 0.25) is 11.8 Å². The van der Waals surface area contributed by atoms with Gasteiger partial charge < -0.3 is 20.7 Å². The van der Waals surface area contributed by atoms with E-state index >= 15 is 0 Å². The van der Waals surface area contributed by atoms with Crippen LogP contribution in [-0.4, -0.2) is 43.0 Å². The largest absolute Gasteiger partial charge is 0.493 e. The Morgan fingerprint density at radius 3 is 2.37 bits per heavy atom. The fourth-order valence-electron chi connectivity index (χ4n) is 3.48. The van der Waals surface area contributed by atoms with Crippen LogP contribution in [0.25, 0.3) is 0 Å². The maximum Gasteiger partial charge on any atom is 0.225 e. The molecule has 0 unspecified atom stereocenters. The predicted octanol–water partition coefficient (Wildman–Crippen LogP) is 3.06. The number of likely N-dealkylation sites (tertiary alicyclic amines) is 1. The zero-order chi connectivity index (χ0) is 20.5. The van der Waals surface area contributed by atoms with Crippen LogP contribution in [0.15, 0.2) is 54.6 Å². The topological polar surface area (TPSA) is 84.7 Å². The lowest BCUT2D eigenvalue weighted by atomic mass is 9.95. The molecule has 1 heterocycles. The Morgan fingerprint density at radius 1 is 1.03 bits per heavy atom. The highest BCUT2D eigenvalue weighted by Crippen LogP contribution is 2.18. The molecule has 0 bridgehead atoms. The molecule has 1 fully saturated rings. The summed E-state index contributed by atoms with van der Waals surface area (Å²) in [6, 6.07) is 17.2. The normalized spacial score (nSPS) is 13.9. The van der Waals surface area contributed by atoms with Gasteiger partial charge in [-0.2, -0.15) is 0 Å². The molecule has 0 atom stereocenters. The average Bonchev–Trinajstić information content (AvgIpc) is 2.76. The van der Waals surface area contributed by atoms with E-state index in [0.29, 0.717) is 45.5 Å². The van der Waals surface area contributed by atoms with Crippen LogP contribution in [0.5, 0.6) is 5.75 Å². The van der Waals surface area contributed by atoms with Crippen LogP contribution in [0.3, 0.4) is 0 Å². The van der Waals surface area contributed by atoms with Crippen molar-refractivity contribution >= 4 is 29.9 Å². The first-order valence-corrected chi connectivity index (χ1v) is 10.2. The second kappa shape index (κ2) is 12.1. The van der Waals surface area contributed by atoms with E-state index in [0.717, 1.165) is 23.4 Å². The van der Waals surface area contributed by atoms with Gasteiger partial charge in [-0.3, -0.25) is 9.59 Å². The van der Waals surface area contributed by atoms with E-state index in [1.165, 1.54) is 0 Å². The third-order valence-corrected chi connectivity index (χ3v) is 5.24. The summed E-state index contributed by atoms with van der Waals surface area (Å²) in [6.07, 6.45) is 2.55. The number of carbonyl (C=O) groups is 2. The molecule has 7 heteroatoms. The summed E-state index contributed by atoms with van der Waals surface area (Å²) in [5, 5.41) is 3.02. The van der Waals surface area contributed by atoms with Gasteiger partial charge >= 0.3 is 0 Å². The van der Waals surface area contributed by atoms with E-state index in [1.54, 1.807) is 0 Å². The molecule has 1 aliphatic heterocycles. The Labute approximate surface area is 184 Å². The van der Waals surface area contributed by atoms with Crippen molar-refractivity contribution < 1.29 is 14.3 Å². The number of amides is 2. The molecule has 3 N–H and O–H groups in total. The molecular formula is C23H30ClN3O3. The fourth-order valence-corrected chi connectivity index (χ4v) is 3.48. The lowest BCUT2D eigenvalue weighted by molar-refractivity contribution is -0.136. The molecule has 0 saturated carbocycles. The highest BCUT2D eigenvalue weighted by atomic mass is 35.5. The number of hydrogen-bond donors (Lipinski definition) is 2. The van der Waals surface area contributed by atoms with Gasteiger partial charge in [-0.25, -0.2) is 0 Å². The molecule has 3 rings (SSSR count). The molecule has 0 radical (unpaired) electrons. The Hall–Kier alpha value is -2.73. The number of benzene rings is 2. The van der Waals surface area contributed by atoms with Crippen LogP contribution < -0.4 is 15.8 Å². The number of hydrogen-bond acceptors (Lipinski definition) is 4. The van der Waals surface area contributed by atoms with Gasteiger partial charge in [0.15, 0.2) is 0 Å². The van der Waals surface area contributed by atoms with E-state index in [9.17, 15) is 9.59 Å². The SMILES string of the molecule is Cl.Nc1ccc(CCNC(=O)C2CCN(C(=O)CCOc3ccccc3)CC2)cc1. The van der Waals surface area contributed by atoms with Gasteiger partial charge in [-0.15, -0.1) is 12.4 Å². The molecule has 0 aromatic heterocycles. The third kappa shape index (κ3) is 7.26. The summed E-state index contributed by atoms with van der Waals surface area (Å²) in [5.74, 6) is 0.920. The first-order valence-electron chi connectivity index (χ1n) is 10.2. The highest BCUT2D eigenvalue weighted by Gasteiger charge is 2.26. The van der Waals surface area contributed by atoms with Crippen LogP contribution in [0.2, 0.25) is 0 Å². The summed E-state index contributed by atoms with van der Waals surface area (Å²) in [7, 11) is 0. The van der Waals surface area contributed by atoms with E-state index in [-0.39, 0.29) is 30.1 Å². The Morgan fingerprint density at radius 2 is 1.70 bits per heavy atom. The quantitative estimate of drug-likeness (QED) is 0.629. The number of nitrogens with one attached hydrogen (secondary N) is 1. The maximum atomic E-state index is 12.4. The predicted molar refractivity (Wildman–Crippen MR) is 121 cm³/mol. The van der Waals surface area contributed by atoms with Crippen LogP contribution in [-0.2, 0) is 16.0 Å². The maximum absolute atomic E-state index is 12.4. The van der Waals surface area contributed by atoms with E-state index < -0.39 is 0 Å². The summed E-state index contributed by atoms with van der Waals surface area (Å²) >= 11 is 0. The fraction of sp³-hybridized carbons (Fsp3) is 0.391. The molecule has 6 nitrogen and oxygen atoms in total. The highest BCUT2D eigenvalue weighted by molar-refractivity contribution is 5.85. The monoisotopic (exact) mass is 431 g/mol. The number of para-hydroxylation sites is 1. The van der Waals surface area contributed by atoms with Crippen LogP contribution in [0.4, 0.5) is 5.69 Å². The van der Waals surface area contributed by atoms with Gasteiger partial charge in [-0.1, -0.05) is 30.3 Å². The average molecular weight is 432 g/mol. The van der Waals surface area contributed by atoms with E-state index in [4.69, 9.17) is 10.5 Å². The van der Waals surface area contributed by atoms with E-state index in [1.807, 2.05) is 59.5 Å². The molecule has 0 spiro atoms. The number of anilines is 1. The summed E-state index contributed by atoms with van der Waals surface area (Å²) in [6.45, 7) is 2.23. The van der Waals surface area contributed by atoms with Gasteiger partial charge in [0, 0.05) is 31.2 Å². The molecule has 1 aliphatic rings. The molecule has 162 valence electrons. The number of nitrogen functional groups attached to an aromatic ring is 1. The molecule has 30 heavy (non-hydrogen) atoms. The number of halogens is 1. The van der Waals surface area contributed by atoms with Crippen molar-refractivity contribution in [2.45, 2.75) is 25.7 Å². The van der Waals surface area contributed by atoms with Crippen molar-refractivity contribution in [1.82, 2.24) is 10.2 Å². The molecule has 1 saturated heterocycles. The molecule has 0 aliphatic carbocycles. The number of nitrogens with two attached hydrogens (primary N) is 1. The molecule has 2 aromatic rings. The number of rotatable bonds is 8. The van der Waals surface area contributed by atoms with Gasteiger partial charge in [0.1, 0.15) is 5.75 Å². The van der Waals surface area contributed by atoms with Crippen LogP contribution in [0, 0.1) is 5.92 Å². The van der Waals surface area contributed by atoms with Crippen molar-refractivity contribution in [2.75, 3.05) is 32.0 Å². The summed E-state index contributed by atoms with van der Waals surface area (Å²) < 4.78 is 5.60. The second-order valence-electron chi connectivity index (χ2n) is 7.35. The minimum atomic E-state index is -0.0222. The van der Waals surface area contributed by atoms with E-state index in [2.05, 4.69) is 5.32 Å².